The van der Waals surface area contributed by atoms with Crippen molar-refractivity contribution in [2.45, 2.75) is 52.0 Å². The lowest BCUT2D eigenvalue weighted by molar-refractivity contribution is -0.121. The highest BCUT2D eigenvalue weighted by Crippen LogP contribution is 2.37. The number of hydrogen-bond acceptors (Lipinski definition) is 5. The van der Waals surface area contributed by atoms with Gasteiger partial charge in [0.1, 0.15) is 10.8 Å². The maximum absolute atomic E-state index is 12.5. The molecule has 3 aromatic rings. The van der Waals surface area contributed by atoms with Crippen molar-refractivity contribution in [3.05, 3.63) is 57.9 Å². The molecule has 1 N–H and O–H groups in total. The number of carbonyl (C=O) groups excluding carboxylic acids is 1. The van der Waals surface area contributed by atoms with Crippen LogP contribution in [0.25, 0.3) is 10.6 Å². The van der Waals surface area contributed by atoms with E-state index in [1.807, 2.05) is 32.0 Å². The molecule has 4 rings (SSSR count). The zero-order chi connectivity index (χ0) is 18.8. The zero-order valence-corrected chi connectivity index (χ0v) is 16.4. The third-order valence-corrected chi connectivity index (χ3v) is 6.35. The van der Waals surface area contributed by atoms with E-state index in [0.29, 0.717) is 12.8 Å². The van der Waals surface area contributed by atoms with Crippen molar-refractivity contribution in [2.75, 3.05) is 0 Å². The van der Waals surface area contributed by atoms with Crippen molar-refractivity contribution < 1.29 is 9.32 Å². The van der Waals surface area contributed by atoms with Gasteiger partial charge in [-0.3, -0.25) is 4.79 Å². The molecule has 2 aromatic heterocycles. The fraction of sp³-hybridized carbons (Fsp3) is 0.381. The Morgan fingerprint density at radius 2 is 2.11 bits per heavy atom. The summed E-state index contributed by atoms with van der Waals surface area (Å²) in [6, 6.07) is 10.3. The van der Waals surface area contributed by atoms with Crippen molar-refractivity contribution in [3.8, 4) is 10.6 Å². The van der Waals surface area contributed by atoms with Gasteiger partial charge in [0.05, 0.1) is 22.3 Å². The van der Waals surface area contributed by atoms with Crippen molar-refractivity contribution >= 4 is 17.2 Å². The predicted molar refractivity (Wildman–Crippen MR) is 106 cm³/mol. The van der Waals surface area contributed by atoms with Crippen LogP contribution in [-0.2, 0) is 17.6 Å². The van der Waals surface area contributed by atoms with Crippen LogP contribution in [0.1, 0.15) is 52.9 Å². The van der Waals surface area contributed by atoms with Crippen LogP contribution in [0.15, 0.2) is 34.9 Å². The topological polar surface area (TPSA) is 68.0 Å². The Morgan fingerprint density at radius 1 is 1.30 bits per heavy atom. The molecule has 1 aliphatic carbocycles. The molecule has 1 atom stereocenters. The summed E-state index contributed by atoms with van der Waals surface area (Å²) in [6.07, 6.45) is 4.12. The first-order valence-electron chi connectivity index (χ1n) is 9.38. The minimum absolute atomic E-state index is 0.0703. The SMILES string of the molecule is Cc1noc(C)c1CCC(=O)NC1CCCc2nc(-c3ccccc3)sc21. The number of aromatic nitrogens is 2. The summed E-state index contributed by atoms with van der Waals surface area (Å²) in [5.41, 5.74) is 4.19. The van der Waals surface area contributed by atoms with Crippen molar-refractivity contribution in [3.63, 3.8) is 0 Å². The van der Waals surface area contributed by atoms with Gasteiger partial charge >= 0.3 is 0 Å². The molecule has 0 saturated heterocycles. The first kappa shape index (κ1) is 17.9. The maximum Gasteiger partial charge on any atom is 0.220 e. The maximum atomic E-state index is 12.5. The molecule has 6 heteroatoms. The second-order valence-corrected chi connectivity index (χ2v) is 8.04. The van der Waals surface area contributed by atoms with Gasteiger partial charge in [-0.25, -0.2) is 4.98 Å². The number of hydrogen-bond donors (Lipinski definition) is 1. The molecule has 0 fully saturated rings. The van der Waals surface area contributed by atoms with Crippen LogP contribution < -0.4 is 5.32 Å². The Labute approximate surface area is 162 Å². The average molecular weight is 382 g/mol. The monoisotopic (exact) mass is 381 g/mol. The second-order valence-electron chi connectivity index (χ2n) is 7.01. The molecule has 1 aromatic carbocycles. The lowest BCUT2D eigenvalue weighted by Crippen LogP contribution is -2.30. The van der Waals surface area contributed by atoms with Gasteiger partial charge < -0.3 is 9.84 Å². The Bertz CT molecular complexity index is 926. The first-order valence-corrected chi connectivity index (χ1v) is 10.2. The van der Waals surface area contributed by atoms with Crippen LogP contribution in [0.4, 0.5) is 0 Å². The summed E-state index contributed by atoms with van der Waals surface area (Å²) < 4.78 is 5.18. The fourth-order valence-electron chi connectivity index (χ4n) is 3.63. The molecule has 1 unspecified atom stereocenters. The Hall–Kier alpha value is -2.47. The minimum Gasteiger partial charge on any atom is -0.361 e. The smallest absolute Gasteiger partial charge is 0.220 e. The van der Waals surface area contributed by atoms with Crippen molar-refractivity contribution in [2.24, 2.45) is 0 Å². The third kappa shape index (κ3) is 3.81. The number of amides is 1. The molecule has 0 saturated carbocycles. The van der Waals surface area contributed by atoms with Gasteiger partial charge in [0.15, 0.2) is 0 Å². The van der Waals surface area contributed by atoms with Gasteiger partial charge in [-0.05, 0) is 39.5 Å². The van der Waals surface area contributed by atoms with Gasteiger partial charge in [-0.2, -0.15) is 0 Å². The Kier molecular flexibility index (Phi) is 5.07. The summed E-state index contributed by atoms with van der Waals surface area (Å²) in [7, 11) is 0. The number of aryl methyl sites for hydroxylation is 3. The summed E-state index contributed by atoms with van der Waals surface area (Å²) in [5, 5.41) is 8.22. The number of carbonyl (C=O) groups is 1. The van der Waals surface area contributed by atoms with E-state index < -0.39 is 0 Å². The second kappa shape index (κ2) is 7.64. The Balaban J connectivity index is 1.45. The van der Waals surface area contributed by atoms with Crippen LogP contribution in [0.2, 0.25) is 0 Å². The Morgan fingerprint density at radius 3 is 2.85 bits per heavy atom. The zero-order valence-electron chi connectivity index (χ0n) is 15.6. The lowest BCUT2D eigenvalue weighted by Gasteiger charge is -2.22. The molecule has 0 radical (unpaired) electrons. The van der Waals surface area contributed by atoms with E-state index in [1.165, 1.54) is 4.88 Å². The van der Waals surface area contributed by atoms with Crippen LogP contribution in [-0.4, -0.2) is 16.0 Å². The number of fused-ring (bicyclic) bond motifs is 1. The van der Waals surface area contributed by atoms with Crippen LogP contribution >= 0.6 is 11.3 Å². The fourth-order valence-corrected chi connectivity index (χ4v) is 4.83. The molecule has 0 bridgehead atoms. The number of nitrogens with one attached hydrogen (secondary N) is 1. The molecule has 0 spiro atoms. The minimum atomic E-state index is 0.0703. The molecule has 1 amide bonds. The highest BCUT2D eigenvalue weighted by Gasteiger charge is 2.26. The first-order chi connectivity index (χ1) is 13.1. The number of nitrogens with zero attached hydrogens (tertiary/aromatic N) is 2. The van der Waals surface area contributed by atoms with E-state index in [9.17, 15) is 4.79 Å². The van der Waals surface area contributed by atoms with E-state index in [1.54, 1.807) is 11.3 Å². The molecule has 1 aliphatic rings. The molecular formula is C21H23N3O2S. The quantitative estimate of drug-likeness (QED) is 0.704. The van der Waals surface area contributed by atoms with Crippen LogP contribution in [0.5, 0.6) is 0 Å². The van der Waals surface area contributed by atoms with Gasteiger partial charge in [0.2, 0.25) is 5.91 Å². The highest BCUT2D eigenvalue weighted by atomic mass is 32.1. The molecule has 5 nitrogen and oxygen atoms in total. The van der Waals surface area contributed by atoms with Crippen molar-refractivity contribution in [1.29, 1.82) is 0 Å². The van der Waals surface area contributed by atoms with E-state index in [4.69, 9.17) is 9.51 Å². The summed E-state index contributed by atoms with van der Waals surface area (Å²) in [5.74, 6) is 0.873. The normalized spacial score (nSPS) is 16.1. The summed E-state index contributed by atoms with van der Waals surface area (Å²) >= 11 is 1.71. The summed E-state index contributed by atoms with van der Waals surface area (Å²) in [6.45, 7) is 3.81. The number of benzene rings is 1. The molecule has 2 heterocycles. The predicted octanol–water partition coefficient (Wildman–Crippen LogP) is 4.54. The van der Waals surface area contributed by atoms with Crippen molar-refractivity contribution in [1.82, 2.24) is 15.5 Å². The highest BCUT2D eigenvalue weighted by molar-refractivity contribution is 7.15. The van der Waals surface area contributed by atoms with Crippen LogP contribution in [0.3, 0.4) is 0 Å². The number of thiazole rings is 1. The summed E-state index contributed by atoms with van der Waals surface area (Å²) in [4.78, 5) is 18.6. The largest absolute Gasteiger partial charge is 0.361 e. The van der Waals surface area contributed by atoms with Gasteiger partial charge in [0.25, 0.3) is 0 Å². The van der Waals surface area contributed by atoms with Gasteiger partial charge in [0, 0.05) is 17.5 Å². The van der Waals surface area contributed by atoms with E-state index in [0.717, 1.165) is 52.5 Å². The van der Waals surface area contributed by atoms with Gasteiger partial charge in [-0.15, -0.1) is 11.3 Å². The number of rotatable bonds is 5. The molecule has 27 heavy (non-hydrogen) atoms. The third-order valence-electron chi connectivity index (χ3n) is 5.09. The van der Waals surface area contributed by atoms with E-state index in [2.05, 4.69) is 22.6 Å². The van der Waals surface area contributed by atoms with Gasteiger partial charge in [-0.1, -0.05) is 35.5 Å². The molecule has 140 valence electrons. The molecule has 0 aliphatic heterocycles. The van der Waals surface area contributed by atoms with E-state index in [-0.39, 0.29) is 11.9 Å². The lowest BCUT2D eigenvalue weighted by atomic mass is 9.97. The standard InChI is InChI=1S/C21H23N3O2S/c1-13-16(14(2)26-24-13)11-12-19(25)22-17-9-6-10-18-20(17)27-21(23-18)15-7-4-3-5-8-15/h3-5,7-8,17H,6,9-12H2,1-2H3,(H,22,25). The van der Waals surface area contributed by atoms with Crippen LogP contribution in [0, 0.1) is 13.8 Å². The molecular weight excluding hydrogens is 358 g/mol. The van der Waals surface area contributed by atoms with E-state index >= 15 is 0 Å². The average Bonchev–Trinajstić information content (AvgIpc) is 3.25.